The molecule has 2 heterocycles. The second-order valence-corrected chi connectivity index (χ2v) is 4.92. The third kappa shape index (κ3) is 2.92. The van der Waals surface area contributed by atoms with Crippen LogP contribution in [0.3, 0.4) is 0 Å². The Kier molecular flexibility index (Phi) is 4.04. The van der Waals surface area contributed by atoms with Crippen LogP contribution in [-0.4, -0.2) is 21.9 Å². The Balaban J connectivity index is 2.13. The number of amides is 1. The summed E-state index contributed by atoms with van der Waals surface area (Å²) in [6, 6.07) is 3.96. The summed E-state index contributed by atoms with van der Waals surface area (Å²) in [5.74, 6) is -0.115. The molecule has 0 saturated heterocycles. The van der Waals surface area contributed by atoms with E-state index >= 15 is 0 Å². The molecule has 1 N–H and O–H groups in total. The Morgan fingerprint density at radius 2 is 2.39 bits per heavy atom. The molecule has 0 bridgehead atoms. The number of rotatable bonds is 4. The highest BCUT2D eigenvalue weighted by atomic mass is 32.1. The van der Waals surface area contributed by atoms with Crippen molar-refractivity contribution >= 4 is 17.2 Å². The topological polar surface area (TPSA) is 54.9 Å². The lowest BCUT2D eigenvalue weighted by molar-refractivity contribution is 0.0935. The fourth-order valence-electron chi connectivity index (χ4n) is 1.40. The van der Waals surface area contributed by atoms with E-state index in [1.54, 1.807) is 17.8 Å². The summed E-state index contributed by atoms with van der Waals surface area (Å²) in [4.78, 5) is 20.3. The van der Waals surface area contributed by atoms with Crippen LogP contribution in [0.5, 0.6) is 0 Å². The Morgan fingerprint density at radius 3 is 3.06 bits per heavy atom. The predicted molar refractivity (Wildman–Crippen MR) is 72.6 cm³/mol. The number of hydrogen-bond acceptors (Lipinski definition) is 4. The van der Waals surface area contributed by atoms with Crippen LogP contribution in [0.1, 0.15) is 30.8 Å². The number of aromatic nitrogens is 2. The van der Waals surface area contributed by atoms with Gasteiger partial charge in [0.2, 0.25) is 0 Å². The summed E-state index contributed by atoms with van der Waals surface area (Å²) in [6.07, 6.45) is 4.37. The molecule has 0 aliphatic heterocycles. The summed E-state index contributed by atoms with van der Waals surface area (Å²) >= 11 is 1.45. The zero-order valence-electron chi connectivity index (χ0n) is 10.4. The van der Waals surface area contributed by atoms with Crippen molar-refractivity contribution in [3.8, 4) is 10.6 Å². The van der Waals surface area contributed by atoms with E-state index in [4.69, 9.17) is 0 Å². The summed E-state index contributed by atoms with van der Waals surface area (Å²) in [5.41, 5.74) is 1.41. The van der Waals surface area contributed by atoms with Crippen molar-refractivity contribution in [2.24, 2.45) is 0 Å². The van der Waals surface area contributed by atoms with Gasteiger partial charge in [-0.1, -0.05) is 6.92 Å². The van der Waals surface area contributed by atoms with E-state index in [0.29, 0.717) is 5.69 Å². The van der Waals surface area contributed by atoms with Crippen LogP contribution in [0, 0.1) is 0 Å². The van der Waals surface area contributed by atoms with Gasteiger partial charge in [-0.25, -0.2) is 4.98 Å². The predicted octanol–water partition coefficient (Wildman–Crippen LogP) is 2.73. The van der Waals surface area contributed by atoms with Crippen LogP contribution in [0.2, 0.25) is 0 Å². The lowest BCUT2D eigenvalue weighted by atomic mass is 10.2. The maximum absolute atomic E-state index is 11.9. The first-order valence-corrected chi connectivity index (χ1v) is 6.75. The minimum atomic E-state index is -0.115. The summed E-state index contributed by atoms with van der Waals surface area (Å²) in [6.45, 7) is 4.01. The fourth-order valence-corrected chi connectivity index (χ4v) is 2.19. The highest BCUT2D eigenvalue weighted by molar-refractivity contribution is 7.13. The second-order valence-electron chi connectivity index (χ2n) is 4.06. The summed E-state index contributed by atoms with van der Waals surface area (Å²) < 4.78 is 0. The van der Waals surface area contributed by atoms with E-state index in [1.807, 2.05) is 26.0 Å². The van der Waals surface area contributed by atoms with Gasteiger partial charge in [-0.3, -0.25) is 9.78 Å². The van der Waals surface area contributed by atoms with Crippen molar-refractivity contribution in [1.29, 1.82) is 0 Å². The normalized spacial score (nSPS) is 12.1. The Bertz CT molecular complexity index is 524. The molecule has 0 saturated carbocycles. The van der Waals surface area contributed by atoms with Crippen LogP contribution >= 0.6 is 11.3 Å². The third-order valence-electron chi connectivity index (χ3n) is 2.64. The number of carbonyl (C=O) groups is 1. The smallest absolute Gasteiger partial charge is 0.270 e. The highest BCUT2D eigenvalue weighted by Gasteiger charge is 2.13. The zero-order chi connectivity index (χ0) is 13.0. The van der Waals surface area contributed by atoms with Crippen LogP contribution in [0.25, 0.3) is 10.6 Å². The molecule has 1 atom stereocenters. The molecule has 2 aromatic heterocycles. The molecule has 4 nitrogen and oxygen atoms in total. The highest BCUT2D eigenvalue weighted by Crippen LogP contribution is 2.22. The van der Waals surface area contributed by atoms with Gasteiger partial charge in [0.15, 0.2) is 0 Å². The molecule has 5 heteroatoms. The standard InChI is InChI=1S/C13H15N3OS/c1-3-9(2)15-12(17)11-8-18-13(16-11)10-5-4-6-14-7-10/h4-9H,3H2,1-2H3,(H,15,17). The molecule has 0 fully saturated rings. The van der Waals surface area contributed by atoms with E-state index in [0.717, 1.165) is 17.0 Å². The molecule has 0 aliphatic carbocycles. The molecule has 2 rings (SSSR count). The van der Waals surface area contributed by atoms with Gasteiger partial charge in [0.1, 0.15) is 10.7 Å². The van der Waals surface area contributed by atoms with Crippen LogP contribution in [-0.2, 0) is 0 Å². The van der Waals surface area contributed by atoms with Gasteiger partial charge in [-0.2, -0.15) is 0 Å². The summed E-state index contributed by atoms with van der Waals surface area (Å²) in [5, 5.41) is 5.50. The SMILES string of the molecule is CCC(C)NC(=O)c1csc(-c2cccnc2)n1. The van der Waals surface area contributed by atoms with Gasteiger partial charge in [-0.15, -0.1) is 11.3 Å². The first-order chi connectivity index (χ1) is 8.70. The average molecular weight is 261 g/mol. The first-order valence-electron chi connectivity index (χ1n) is 5.87. The van der Waals surface area contributed by atoms with Gasteiger partial charge in [-0.05, 0) is 25.5 Å². The lowest BCUT2D eigenvalue weighted by Crippen LogP contribution is -2.32. The molecule has 0 radical (unpaired) electrons. The number of nitrogens with zero attached hydrogens (tertiary/aromatic N) is 2. The number of thiazole rings is 1. The zero-order valence-corrected chi connectivity index (χ0v) is 11.2. The van der Waals surface area contributed by atoms with E-state index in [2.05, 4.69) is 15.3 Å². The van der Waals surface area contributed by atoms with Crippen molar-refractivity contribution in [2.45, 2.75) is 26.3 Å². The molecule has 2 aromatic rings. The number of pyridine rings is 1. The van der Waals surface area contributed by atoms with Gasteiger partial charge in [0.25, 0.3) is 5.91 Å². The van der Waals surface area contributed by atoms with Gasteiger partial charge in [0, 0.05) is 29.4 Å². The first kappa shape index (κ1) is 12.7. The van der Waals surface area contributed by atoms with Crippen LogP contribution in [0.4, 0.5) is 0 Å². The van der Waals surface area contributed by atoms with Crippen molar-refractivity contribution in [3.63, 3.8) is 0 Å². The molecule has 94 valence electrons. The van der Waals surface area contributed by atoms with Gasteiger partial charge in [0.05, 0.1) is 0 Å². The van der Waals surface area contributed by atoms with Crippen molar-refractivity contribution < 1.29 is 4.79 Å². The van der Waals surface area contributed by atoms with E-state index in [9.17, 15) is 4.79 Å². The Hall–Kier alpha value is -1.75. The largest absolute Gasteiger partial charge is 0.348 e. The van der Waals surface area contributed by atoms with E-state index in [1.165, 1.54) is 11.3 Å². The summed E-state index contributed by atoms with van der Waals surface area (Å²) in [7, 11) is 0. The second kappa shape index (κ2) is 5.73. The third-order valence-corrected chi connectivity index (χ3v) is 3.53. The maximum Gasteiger partial charge on any atom is 0.270 e. The van der Waals surface area contributed by atoms with Gasteiger partial charge >= 0.3 is 0 Å². The molecule has 1 amide bonds. The lowest BCUT2D eigenvalue weighted by Gasteiger charge is -2.09. The molecule has 0 aromatic carbocycles. The average Bonchev–Trinajstić information content (AvgIpc) is 2.89. The molecular formula is C13H15N3OS. The number of nitrogens with one attached hydrogen (secondary N) is 1. The fraction of sp³-hybridized carbons (Fsp3) is 0.308. The van der Waals surface area contributed by atoms with Crippen LogP contribution in [0.15, 0.2) is 29.9 Å². The Labute approximate surface area is 110 Å². The minimum Gasteiger partial charge on any atom is -0.348 e. The quantitative estimate of drug-likeness (QED) is 0.920. The molecular weight excluding hydrogens is 246 g/mol. The number of carbonyl (C=O) groups excluding carboxylic acids is 1. The monoisotopic (exact) mass is 261 g/mol. The maximum atomic E-state index is 11.9. The molecule has 18 heavy (non-hydrogen) atoms. The van der Waals surface area contributed by atoms with Crippen LogP contribution < -0.4 is 5.32 Å². The van der Waals surface area contributed by atoms with Gasteiger partial charge < -0.3 is 5.32 Å². The van der Waals surface area contributed by atoms with Crippen molar-refractivity contribution in [1.82, 2.24) is 15.3 Å². The Morgan fingerprint density at radius 1 is 1.56 bits per heavy atom. The number of hydrogen-bond donors (Lipinski definition) is 1. The molecule has 0 aliphatic rings. The molecule has 1 unspecified atom stereocenters. The minimum absolute atomic E-state index is 0.115. The van der Waals surface area contributed by atoms with Crippen molar-refractivity contribution in [2.75, 3.05) is 0 Å². The van der Waals surface area contributed by atoms with Crippen molar-refractivity contribution in [3.05, 3.63) is 35.6 Å². The van der Waals surface area contributed by atoms with E-state index < -0.39 is 0 Å². The van der Waals surface area contributed by atoms with E-state index in [-0.39, 0.29) is 11.9 Å². The molecule has 0 spiro atoms.